The van der Waals surface area contributed by atoms with Gasteiger partial charge in [0.15, 0.2) is 6.19 Å². The monoisotopic (exact) mass is 395 g/mol. The number of aromatic nitrogens is 1. The summed E-state index contributed by atoms with van der Waals surface area (Å²) in [6, 6.07) is 14.0. The van der Waals surface area contributed by atoms with E-state index in [2.05, 4.69) is 51.8 Å². The third kappa shape index (κ3) is 12.6. The van der Waals surface area contributed by atoms with Crippen molar-refractivity contribution < 1.29 is 9.90 Å². The van der Waals surface area contributed by atoms with Gasteiger partial charge >= 0.3 is 5.97 Å². The van der Waals surface area contributed by atoms with Gasteiger partial charge in [-0.3, -0.25) is 20.1 Å². The molecule has 0 spiro atoms. The Hall–Kier alpha value is -3.40. The third-order valence-electron chi connectivity index (χ3n) is 3.94. The minimum atomic E-state index is -0.755. The molecule has 0 aliphatic heterocycles. The second-order valence-corrected chi connectivity index (χ2v) is 6.23. The maximum atomic E-state index is 10.3. The molecule has 0 bridgehead atoms. The van der Waals surface area contributed by atoms with Crippen LogP contribution in [-0.2, 0) is 11.2 Å². The minimum absolute atomic E-state index is 0.216. The Balaban J connectivity index is 0.000000436. The van der Waals surface area contributed by atoms with Crippen LogP contribution in [0.1, 0.15) is 44.6 Å². The van der Waals surface area contributed by atoms with E-state index in [1.165, 1.54) is 5.56 Å². The summed E-state index contributed by atoms with van der Waals surface area (Å²) >= 11 is 0. The maximum Gasteiger partial charge on any atom is 0.303 e. The highest BCUT2D eigenvalue weighted by Gasteiger charge is 1.99. The summed E-state index contributed by atoms with van der Waals surface area (Å²) in [5, 5.41) is 22.7. The van der Waals surface area contributed by atoms with Gasteiger partial charge in [-0.2, -0.15) is 5.26 Å². The van der Waals surface area contributed by atoms with Gasteiger partial charge in [0, 0.05) is 31.0 Å². The number of aliphatic carboxylic acids is 1. The molecule has 1 aromatic carbocycles. The first-order chi connectivity index (χ1) is 14.2. The normalized spacial score (nSPS) is 10.3. The molecule has 2 rings (SSSR count). The van der Waals surface area contributed by atoms with Crippen molar-refractivity contribution in [2.24, 2.45) is 4.99 Å². The van der Waals surface area contributed by atoms with Crippen molar-refractivity contribution >= 4 is 17.6 Å². The molecule has 3 N–H and O–H groups in total. The number of aryl methyl sites for hydroxylation is 1. The van der Waals surface area contributed by atoms with Gasteiger partial charge in [0.25, 0.3) is 0 Å². The smallest absolute Gasteiger partial charge is 0.303 e. The summed E-state index contributed by atoms with van der Waals surface area (Å²) in [6.45, 7) is 2.74. The Morgan fingerprint density at radius 1 is 1.10 bits per heavy atom. The molecule has 1 aromatic heterocycles. The van der Waals surface area contributed by atoms with Crippen molar-refractivity contribution in [2.45, 2.75) is 45.4 Å². The number of pyridine rings is 1. The predicted molar refractivity (Wildman–Crippen MR) is 115 cm³/mol. The number of rotatable bonds is 9. The lowest BCUT2D eigenvalue weighted by Crippen LogP contribution is -2.27. The number of hydrogen-bond donors (Lipinski definition) is 3. The zero-order valence-electron chi connectivity index (χ0n) is 16.8. The van der Waals surface area contributed by atoms with E-state index in [1.54, 1.807) is 24.5 Å². The Labute approximate surface area is 172 Å². The highest BCUT2D eigenvalue weighted by Crippen LogP contribution is 2.05. The first-order valence-corrected chi connectivity index (χ1v) is 9.78. The molecule has 29 heavy (non-hydrogen) atoms. The number of guanidine groups is 1. The molecule has 2 aromatic rings. The largest absolute Gasteiger partial charge is 0.481 e. The topological polar surface area (TPSA) is 110 Å². The van der Waals surface area contributed by atoms with Crippen LogP contribution in [-0.4, -0.2) is 28.6 Å². The molecule has 0 unspecified atom stereocenters. The zero-order chi connectivity index (χ0) is 21.2. The number of carboxylic acid groups (broad SMARTS) is 1. The van der Waals surface area contributed by atoms with Crippen LogP contribution in [0.25, 0.3) is 0 Å². The second kappa shape index (κ2) is 15.6. The molecule has 1 heterocycles. The van der Waals surface area contributed by atoms with Crippen molar-refractivity contribution in [2.75, 3.05) is 11.9 Å². The molecule has 7 heteroatoms. The zero-order valence-corrected chi connectivity index (χ0v) is 16.8. The van der Waals surface area contributed by atoms with E-state index in [0.717, 1.165) is 31.4 Å². The molecule has 0 saturated carbocycles. The summed E-state index contributed by atoms with van der Waals surface area (Å²) in [6.07, 6.45) is 9.83. The van der Waals surface area contributed by atoms with Crippen LogP contribution in [0.3, 0.4) is 0 Å². The van der Waals surface area contributed by atoms with E-state index in [4.69, 9.17) is 10.4 Å². The Morgan fingerprint density at radius 3 is 2.38 bits per heavy atom. The lowest BCUT2D eigenvalue weighted by Gasteiger charge is -2.07. The highest BCUT2D eigenvalue weighted by molar-refractivity contribution is 5.94. The van der Waals surface area contributed by atoms with E-state index < -0.39 is 5.97 Å². The van der Waals surface area contributed by atoms with Gasteiger partial charge in [0.05, 0.1) is 0 Å². The number of nitriles is 1. The maximum absolute atomic E-state index is 10.3. The number of carbonyl (C=O) groups is 1. The Bertz CT molecular complexity index is 758. The summed E-state index contributed by atoms with van der Waals surface area (Å²) < 4.78 is 0. The summed E-state index contributed by atoms with van der Waals surface area (Å²) in [7, 11) is 0. The first-order valence-electron chi connectivity index (χ1n) is 9.78. The van der Waals surface area contributed by atoms with Crippen molar-refractivity contribution in [3.8, 4) is 6.19 Å². The van der Waals surface area contributed by atoms with Crippen molar-refractivity contribution in [3.63, 3.8) is 0 Å². The van der Waals surface area contributed by atoms with E-state index in [0.29, 0.717) is 18.9 Å². The fourth-order valence-electron chi connectivity index (χ4n) is 2.38. The number of benzene rings is 1. The van der Waals surface area contributed by atoms with E-state index >= 15 is 0 Å². The van der Waals surface area contributed by atoms with Crippen LogP contribution in [0, 0.1) is 11.5 Å². The number of nitrogens with one attached hydrogen (secondary N) is 2. The third-order valence-corrected chi connectivity index (χ3v) is 3.94. The molecule has 0 fully saturated rings. The molecule has 0 aliphatic rings. The van der Waals surface area contributed by atoms with Crippen LogP contribution in [0.15, 0.2) is 59.9 Å². The summed E-state index contributed by atoms with van der Waals surface area (Å²) in [5.74, 6) is -0.357. The highest BCUT2D eigenvalue weighted by atomic mass is 16.4. The van der Waals surface area contributed by atoms with E-state index in [9.17, 15) is 4.79 Å². The number of aliphatic imine (C=N–C) groups is 1. The Kier molecular flexibility index (Phi) is 12.7. The molecule has 0 saturated heterocycles. The fourth-order valence-corrected chi connectivity index (χ4v) is 2.38. The number of carboxylic acids is 1. The van der Waals surface area contributed by atoms with Gasteiger partial charge in [0.2, 0.25) is 5.96 Å². The molecule has 7 nitrogen and oxygen atoms in total. The average molecular weight is 396 g/mol. The molecule has 0 aliphatic carbocycles. The molecular weight excluding hydrogens is 366 g/mol. The minimum Gasteiger partial charge on any atom is -0.481 e. The van der Waals surface area contributed by atoms with Crippen molar-refractivity contribution in [1.29, 1.82) is 5.26 Å². The van der Waals surface area contributed by atoms with E-state index in [-0.39, 0.29) is 6.42 Å². The van der Waals surface area contributed by atoms with E-state index in [1.807, 2.05) is 12.3 Å². The standard InChI is InChI=1S/C14H19N5O2.C8H10/c15-11-18-14(19-12-6-9-16-10-7-12)17-8-4-2-1-3-5-13(20)21;1-2-8-6-4-3-5-7-8/h6-7,9-10H,1-5,8H2,(H,20,21)(H2,16,17,18,19);3-7H,2H2,1H3. The van der Waals surface area contributed by atoms with Crippen LogP contribution < -0.4 is 10.6 Å². The SMILES string of the molecule is CCc1ccccc1.N#CNC(=NCCCCCCC(=O)O)Nc1ccncc1. The number of unbranched alkanes of at least 4 members (excludes halogenated alkanes) is 3. The van der Waals surface area contributed by atoms with Crippen LogP contribution in [0.4, 0.5) is 5.69 Å². The van der Waals surface area contributed by atoms with Gasteiger partial charge in [0.1, 0.15) is 0 Å². The number of nitrogens with zero attached hydrogens (tertiary/aromatic N) is 3. The number of anilines is 1. The lowest BCUT2D eigenvalue weighted by atomic mass is 10.1. The van der Waals surface area contributed by atoms with Crippen LogP contribution in [0.5, 0.6) is 0 Å². The van der Waals surface area contributed by atoms with Gasteiger partial charge in [-0.15, -0.1) is 0 Å². The first kappa shape index (κ1) is 23.6. The van der Waals surface area contributed by atoms with Gasteiger partial charge in [-0.25, -0.2) is 0 Å². The summed E-state index contributed by atoms with van der Waals surface area (Å²) in [5.41, 5.74) is 2.21. The Morgan fingerprint density at radius 2 is 1.79 bits per heavy atom. The molecule has 0 atom stereocenters. The summed E-state index contributed by atoms with van der Waals surface area (Å²) in [4.78, 5) is 18.5. The van der Waals surface area contributed by atoms with Gasteiger partial charge < -0.3 is 10.4 Å². The molecule has 0 amide bonds. The van der Waals surface area contributed by atoms with Gasteiger partial charge in [-0.1, -0.05) is 50.1 Å². The fraction of sp³-hybridized carbons (Fsp3) is 0.364. The molecule has 0 radical (unpaired) electrons. The average Bonchev–Trinajstić information content (AvgIpc) is 2.74. The lowest BCUT2D eigenvalue weighted by molar-refractivity contribution is -0.137. The number of hydrogen-bond acceptors (Lipinski definition) is 4. The van der Waals surface area contributed by atoms with Crippen molar-refractivity contribution in [3.05, 3.63) is 60.4 Å². The van der Waals surface area contributed by atoms with Crippen molar-refractivity contribution in [1.82, 2.24) is 10.3 Å². The van der Waals surface area contributed by atoms with Gasteiger partial charge in [-0.05, 0) is 37.0 Å². The predicted octanol–water partition coefficient (Wildman–Crippen LogP) is 4.20. The second-order valence-electron chi connectivity index (χ2n) is 6.23. The molecule has 154 valence electrons. The quantitative estimate of drug-likeness (QED) is 0.193. The molecular formula is C22H29N5O2. The van der Waals surface area contributed by atoms with Crippen LogP contribution in [0.2, 0.25) is 0 Å². The van der Waals surface area contributed by atoms with Crippen LogP contribution >= 0.6 is 0 Å².